The maximum Gasteiger partial charge on any atom is 0.186 e. The van der Waals surface area contributed by atoms with Gasteiger partial charge < -0.3 is 39.4 Å². The van der Waals surface area contributed by atoms with Crippen molar-refractivity contribution in [2.24, 2.45) is 52.3 Å². The highest BCUT2D eigenvalue weighted by Gasteiger charge is 2.69. The van der Waals surface area contributed by atoms with Gasteiger partial charge in [-0.3, -0.25) is 0 Å². The van der Waals surface area contributed by atoms with Gasteiger partial charge in [-0.1, -0.05) is 27.7 Å². The molecule has 3 aliphatic heterocycles. The van der Waals surface area contributed by atoms with E-state index in [1.54, 1.807) is 0 Å². The molecule has 8 nitrogen and oxygen atoms in total. The molecule has 1 spiro atoms. The van der Waals surface area contributed by atoms with Gasteiger partial charge in [-0.15, -0.1) is 0 Å². The molecule has 11 unspecified atom stereocenters. The third kappa shape index (κ3) is 4.36. The van der Waals surface area contributed by atoms with Crippen LogP contribution in [-0.4, -0.2) is 82.3 Å². The van der Waals surface area contributed by atoms with E-state index in [0.717, 1.165) is 50.0 Å². The second-order valence-electron chi connectivity index (χ2n) is 15.9. The van der Waals surface area contributed by atoms with Crippen molar-refractivity contribution in [2.75, 3.05) is 13.2 Å². The first kappa shape index (κ1) is 29.4. The van der Waals surface area contributed by atoms with E-state index in [9.17, 15) is 20.4 Å². The molecule has 4 aliphatic carbocycles. The van der Waals surface area contributed by atoms with Crippen LogP contribution in [0.15, 0.2) is 0 Å². The van der Waals surface area contributed by atoms with Crippen molar-refractivity contribution in [3.63, 3.8) is 0 Å². The Morgan fingerprint density at radius 1 is 0.829 bits per heavy atom. The normalized spacial score (nSPS) is 60.3. The predicted molar refractivity (Wildman–Crippen MR) is 150 cm³/mol. The summed E-state index contributed by atoms with van der Waals surface area (Å²) in [6.07, 6.45) is 5.64. The Balaban J connectivity index is 1.03. The SMILES string of the molecule is CC1CC[C@@]2(OC1)OC1C[C@H]3[C@@H]4CC[C@H]5CC(OC6OC(CO)C(O)C(O)C6O)CCC5(C)[C@H]4CCC3(C)C1[C@@H]2C. The Morgan fingerprint density at radius 3 is 2.34 bits per heavy atom. The molecule has 3 heterocycles. The Labute approximate surface area is 245 Å². The first-order chi connectivity index (χ1) is 19.5. The van der Waals surface area contributed by atoms with Gasteiger partial charge in [0.25, 0.3) is 0 Å². The van der Waals surface area contributed by atoms with Crippen molar-refractivity contribution in [1.82, 2.24) is 0 Å². The summed E-state index contributed by atoms with van der Waals surface area (Å²) in [5, 5.41) is 40.4. The molecule has 0 amide bonds. The quantitative estimate of drug-likeness (QED) is 0.375. The standard InChI is InChI=1S/C33H54O8/c1-17-7-12-33(38-16-17)18(2)26-24(41-33)14-23-21-6-5-19-13-20(8-10-31(19,3)22(21)9-11-32(23,26)4)39-30-29(37)28(36)27(35)25(15-34)40-30/h17-30,34-37H,5-16H2,1-4H3/t17?,18-,19-,20?,21+,22-,23-,24?,25?,26?,27?,28?,29?,30?,31?,32?,33+/m0/s1. The van der Waals surface area contributed by atoms with E-state index in [1.165, 1.54) is 38.5 Å². The van der Waals surface area contributed by atoms with E-state index in [4.69, 9.17) is 18.9 Å². The number of hydrogen-bond donors (Lipinski definition) is 4. The van der Waals surface area contributed by atoms with Crippen LogP contribution in [0.2, 0.25) is 0 Å². The summed E-state index contributed by atoms with van der Waals surface area (Å²) in [5.74, 6) is 4.08. The van der Waals surface area contributed by atoms with Crippen molar-refractivity contribution >= 4 is 0 Å². The summed E-state index contributed by atoms with van der Waals surface area (Å²) >= 11 is 0. The number of aliphatic hydroxyl groups excluding tert-OH is 4. The zero-order chi connectivity index (χ0) is 28.9. The van der Waals surface area contributed by atoms with Gasteiger partial charge in [0.1, 0.15) is 24.4 Å². The summed E-state index contributed by atoms with van der Waals surface area (Å²) in [5.41, 5.74) is 0.612. The van der Waals surface area contributed by atoms with Gasteiger partial charge in [-0.2, -0.15) is 0 Å². The summed E-state index contributed by atoms with van der Waals surface area (Å²) in [7, 11) is 0. The highest BCUT2D eigenvalue weighted by Crippen LogP contribution is 2.71. The van der Waals surface area contributed by atoms with Gasteiger partial charge >= 0.3 is 0 Å². The summed E-state index contributed by atoms with van der Waals surface area (Å²) in [6, 6.07) is 0. The fourth-order valence-electron chi connectivity index (χ4n) is 11.7. The average molecular weight is 579 g/mol. The van der Waals surface area contributed by atoms with Crippen LogP contribution >= 0.6 is 0 Å². The van der Waals surface area contributed by atoms with E-state index in [0.29, 0.717) is 35.2 Å². The van der Waals surface area contributed by atoms with E-state index < -0.39 is 37.3 Å². The topological polar surface area (TPSA) is 118 Å². The van der Waals surface area contributed by atoms with E-state index in [2.05, 4.69) is 27.7 Å². The second-order valence-corrected chi connectivity index (χ2v) is 15.9. The highest BCUT2D eigenvalue weighted by atomic mass is 16.7. The third-order valence-electron chi connectivity index (χ3n) is 14.1. The van der Waals surface area contributed by atoms with Crippen LogP contribution < -0.4 is 0 Å². The minimum absolute atomic E-state index is 0.0607. The zero-order valence-corrected chi connectivity index (χ0v) is 25.5. The Bertz CT molecular complexity index is 967. The lowest BCUT2D eigenvalue weighted by Crippen LogP contribution is -2.60. The van der Waals surface area contributed by atoms with Crippen LogP contribution in [0.25, 0.3) is 0 Å². The van der Waals surface area contributed by atoms with Gasteiger partial charge in [0.2, 0.25) is 0 Å². The van der Waals surface area contributed by atoms with Gasteiger partial charge in [-0.25, -0.2) is 0 Å². The Morgan fingerprint density at radius 2 is 1.61 bits per heavy atom. The molecular weight excluding hydrogens is 524 g/mol. The molecule has 0 aromatic heterocycles. The number of aliphatic hydroxyl groups is 4. The molecule has 4 saturated carbocycles. The molecule has 7 fully saturated rings. The van der Waals surface area contributed by atoms with Crippen LogP contribution in [0.3, 0.4) is 0 Å². The van der Waals surface area contributed by atoms with E-state index in [-0.39, 0.29) is 17.3 Å². The molecule has 0 radical (unpaired) electrons. The second kappa shape index (κ2) is 10.4. The first-order valence-electron chi connectivity index (χ1n) is 16.8. The van der Waals surface area contributed by atoms with Crippen LogP contribution in [0, 0.1) is 52.3 Å². The van der Waals surface area contributed by atoms with Gasteiger partial charge in [0, 0.05) is 12.3 Å². The largest absolute Gasteiger partial charge is 0.394 e. The van der Waals surface area contributed by atoms with Crippen LogP contribution in [0.4, 0.5) is 0 Å². The molecule has 7 aliphatic rings. The fraction of sp³-hybridized carbons (Fsp3) is 1.00. The van der Waals surface area contributed by atoms with Crippen molar-refractivity contribution in [3.8, 4) is 0 Å². The maximum absolute atomic E-state index is 10.5. The molecule has 7 rings (SSSR count). The lowest BCUT2D eigenvalue weighted by Gasteiger charge is -2.61. The summed E-state index contributed by atoms with van der Waals surface area (Å²) < 4.78 is 25.4. The van der Waals surface area contributed by atoms with E-state index in [1.807, 2.05) is 0 Å². The van der Waals surface area contributed by atoms with Crippen molar-refractivity contribution in [2.45, 2.75) is 141 Å². The molecule has 3 saturated heterocycles. The van der Waals surface area contributed by atoms with Gasteiger partial charge in [0.15, 0.2) is 12.1 Å². The van der Waals surface area contributed by atoms with Crippen molar-refractivity contribution in [1.29, 1.82) is 0 Å². The van der Waals surface area contributed by atoms with Gasteiger partial charge in [-0.05, 0) is 104 Å². The molecule has 41 heavy (non-hydrogen) atoms. The number of ether oxygens (including phenoxy) is 4. The summed E-state index contributed by atoms with van der Waals surface area (Å²) in [6.45, 7) is 10.3. The molecule has 0 bridgehead atoms. The van der Waals surface area contributed by atoms with E-state index >= 15 is 0 Å². The van der Waals surface area contributed by atoms with Crippen molar-refractivity contribution in [3.05, 3.63) is 0 Å². The smallest absolute Gasteiger partial charge is 0.186 e. The van der Waals surface area contributed by atoms with Crippen molar-refractivity contribution < 1.29 is 39.4 Å². The van der Waals surface area contributed by atoms with Crippen LogP contribution in [0.5, 0.6) is 0 Å². The molecule has 0 aromatic carbocycles. The first-order valence-corrected chi connectivity index (χ1v) is 16.8. The average Bonchev–Trinajstić information content (AvgIpc) is 3.40. The molecule has 8 heteroatoms. The monoisotopic (exact) mass is 578 g/mol. The number of hydrogen-bond acceptors (Lipinski definition) is 8. The molecule has 234 valence electrons. The molecule has 0 aromatic rings. The fourth-order valence-corrected chi connectivity index (χ4v) is 11.7. The predicted octanol–water partition coefficient (Wildman–Crippen LogP) is 3.62. The number of rotatable bonds is 3. The maximum atomic E-state index is 10.5. The summed E-state index contributed by atoms with van der Waals surface area (Å²) in [4.78, 5) is 0. The lowest BCUT2D eigenvalue weighted by atomic mass is 9.44. The Kier molecular flexibility index (Phi) is 7.43. The zero-order valence-electron chi connectivity index (χ0n) is 25.5. The minimum Gasteiger partial charge on any atom is -0.394 e. The van der Waals surface area contributed by atoms with Gasteiger partial charge in [0.05, 0.1) is 25.4 Å². The van der Waals surface area contributed by atoms with Crippen LogP contribution in [0.1, 0.15) is 91.9 Å². The molecular formula is C33H54O8. The molecule has 17 atom stereocenters. The Hall–Kier alpha value is -0.320. The third-order valence-corrected chi connectivity index (χ3v) is 14.1. The number of fused-ring (bicyclic) bond motifs is 7. The lowest BCUT2D eigenvalue weighted by molar-refractivity contribution is -0.316. The molecule has 4 N–H and O–H groups in total. The highest BCUT2D eigenvalue weighted by molar-refractivity contribution is 5.15. The minimum atomic E-state index is -1.40. The van der Waals surface area contributed by atoms with Crippen LogP contribution in [-0.2, 0) is 18.9 Å².